The van der Waals surface area contributed by atoms with Gasteiger partial charge in [-0.1, -0.05) is 0 Å². The normalized spacial score (nSPS) is 10.5. The monoisotopic (exact) mass is 246 g/mol. The standard InChI is InChI=1S/C11H18O6/c1-3-15-6-7-16-8-9-17-11(13)5-4-10(12)14-2/h4-5H,3,6-9H2,1-2H3/b5-4-. The first-order chi connectivity index (χ1) is 8.20. The molecule has 0 unspecified atom stereocenters. The second kappa shape index (κ2) is 11.1. The van der Waals surface area contributed by atoms with Crippen molar-refractivity contribution in [2.45, 2.75) is 6.92 Å². The second-order valence-corrected chi connectivity index (χ2v) is 2.83. The number of carbonyl (C=O) groups is 2. The quantitative estimate of drug-likeness (QED) is 0.331. The Labute approximate surface area is 100 Å². The summed E-state index contributed by atoms with van der Waals surface area (Å²) in [5, 5.41) is 0. The lowest BCUT2D eigenvalue weighted by Gasteiger charge is -2.04. The summed E-state index contributed by atoms with van der Waals surface area (Å²) in [6.45, 7) is 3.96. The van der Waals surface area contributed by atoms with E-state index < -0.39 is 11.9 Å². The summed E-state index contributed by atoms with van der Waals surface area (Å²) in [6, 6.07) is 0. The highest BCUT2D eigenvalue weighted by Gasteiger charge is 1.99. The number of hydrogen-bond acceptors (Lipinski definition) is 6. The SMILES string of the molecule is CCOCCOCCOC(=O)/C=C\C(=O)OC. The Morgan fingerprint density at radius 2 is 1.53 bits per heavy atom. The maximum absolute atomic E-state index is 11.0. The van der Waals surface area contributed by atoms with Crippen molar-refractivity contribution in [3.05, 3.63) is 12.2 Å². The fraction of sp³-hybridized carbons (Fsp3) is 0.636. The molecule has 0 saturated carbocycles. The van der Waals surface area contributed by atoms with Gasteiger partial charge in [0.1, 0.15) is 6.61 Å². The van der Waals surface area contributed by atoms with E-state index in [1.165, 1.54) is 7.11 Å². The fourth-order valence-electron chi connectivity index (χ4n) is 0.818. The van der Waals surface area contributed by atoms with E-state index in [0.717, 1.165) is 12.2 Å². The molecular weight excluding hydrogens is 228 g/mol. The van der Waals surface area contributed by atoms with Gasteiger partial charge in [0.15, 0.2) is 0 Å². The lowest BCUT2D eigenvalue weighted by molar-refractivity contribution is -0.140. The van der Waals surface area contributed by atoms with Gasteiger partial charge in [-0.2, -0.15) is 0 Å². The molecule has 6 nitrogen and oxygen atoms in total. The van der Waals surface area contributed by atoms with Gasteiger partial charge >= 0.3 is 11.9 Å². The number of esters is 2. The summed E-state index contributed by atoms with van der Waals surface area (Å²) in [6.07, 6.45) is 2.00. The van der Waals surface area contributed by atoms with E-state index in [1.54, 1.807) is 0 Å². The Morgan fingerprint density at radius 3 is 2.18 bits per heavy atom. The zero-order valence-corrected chi connectivity index (χ0v) is 10.1. The fourth-order valence-corrected chi connectivity index (χ4v) is 0.818. The molecule has 0 aliphatic carbocycles. The first kappa shape index (κ1) is 15.6. The van der Waals surface area contributed by atoms with E-state index in [-0.39, 0.29) is 6.61 Å². The number of hydrogen-bond donors (Lipinski definition) is 0. The highest BCUT2D eigenvalue weighted by atomic mass is 16.6. The average molecular weight is 246 g/mol. The molecule has 0 atom stereocenters. The van der Waals surface area contributed by atoms with Crippen molar-refractivity contribution >= 4 is 11.9 Å². The zero-order valence-electron chi connectivity index (χ0n) is 10.1. The summed E-state index contributed by atoms with van der Waals surface area (Å²) >= 11 is 0. The molecule has 0 aliphatic heterocycles. The maximum Gasteiger partial charge on any atom is 0.331 e. The van der Waals surface area contributed by atoms with Gasteiger partial charge in [-0.15, -0.1) is 0 Å². The highest BCUT2D eigenvalue weighted by Crippen LogP contribution is 1.85. The molecule has 6 heteroatoms. The topological polar surface area (TPSA) is 71.1 Å². The van der Waals surface area contributed by atoms with Crippen LogP contribution >= 0.6 is 0 Å². The molecule has 0 aromatic rings. The molecule has 0 aliphatic rings. The van der Waals surface area contributed by atoms with Crippen molar-refractivity contribution in [2.75, 3.05) is 40.1 Å². The molecule has 0 aromatic carbocycles. The third kappa shape index (κ3) is 10.9. The van der Waals surface area contributed by atoms with Crippen molar-refractivity contribution in [3.63, 3.8) is 0 Å². The number of methoxy groups -OCH3 is 1. The highest BCUT2D eigenvalue weighted by molar-refractivity contribution is 5.91. The predicted molar refractivity (Wildman–Crippen MR) is 59.4 cm³/mol. The van der Waals surface area contributed by atoms with Crippen LogP contribution < -0.4 is 0 Å². The van der Waals surface area contributed by atoms with Crippen LogP contribution in [0.5, 0.6) is 0 Å². The van der Waals surface area contributed by atoms with Crippen molar-refractivity contribution in [1.29, 1.82) is 0 Å². The van der Waals surface area contributed by atoms with Crippen LogP contribution in [0.1, 0.15) is 6.92 Å². The van der Waals surface area contributed by atoms with Gasteiger partial charge in [-0.3, -0.25) is 0 Å². The van der Waals surface area contributed by atoms with Crippen molar-refractivity contribution in [2.24, 2.45) is 0 Å². The third-order valence-corrected chi connectivity index (χ3v) is 1.60. The minimum absolute atomic E-state index is 0.135. The zero-order chi connectivity index (χ0) is 12.9. The first-order valence-electron chi connectivity index (χ1n) is 5.29. The first-order valence-corrected chi connectivity index (χ1v) is 5.29. The number of rotatable bonds is 9. The minimum Gasteiger partial charge on any atom is -0.466 e. The smallest absolute Gasteiger partial charge is 0.331 e. The summed E-state index contributed by atoms with van der Waals surface area (Å²) < 4.78 is 19.2. The van der Waals surface area contributed by atoms with Crippen LogP contribution in [-0.4, -0.2) is 52.1 Å². The van der Waals surface area contributed by atoms with Gasteiger partial charge in [0.25, 0.3) is 0 Å². The Bertz CT molecular complexity index is 248. The summed E-state index contributed by atoms with van der Waals surface area (Å²) in [4.78, 5) is 21.6. The van der Waals surface area contributed by atoms with Crippen molar-refractivity contribution < 1.29 is 28.5 Å². The van der Waals surface area contributed by atoms with E-state index in [0.29, 0.717) is 26.4 Å². The van der Waals surface area contributed by atoms with Gasteiger partial charge < -0.3 is 18.9 Å². The molecule has 0 aromatic heterocycles. The molecule has 0 bridgehead atoms. The molecule has 0 saturated heterocycles. The maximum atomic E-state index is 11.0. The van der Waals surface area contributed by atoms with Gasteiger partial charge in [-0.05, 0) is 6.92 Å². The van der Waals surface area contributed by atoms with Crippen LogP contribution in [0.15, 0.2) is 12.2 Å². The van der Waals surface area contributed by atoms with E-state index in [1.807, 2.05) is 6.92 Å². The predicted octanol–water partition coefficient (Wildman–Crippen LogP) is 0.312. The Balaban J connectivity index is 3.39. The molecule has 0 fully saturated rings. The lowest BCUT2D eigenvalue weighted by Crippen LogP contribution is -2.11. The summed E-state index contributed by atoms with van der Waals surface area (Å²) in [5.41, 5.74) is 0. The summed E-state index contributed by atoms with van der Waals surface area (Å²) in [7, 11) is 1.23. The van der Waals surface area contributed by atoms with Crippen LogP contribution in [-0.2, 0) is 28.5 Å². The molecule has 17 heavy (non-hydrogen) atoms. The lowest BCUT2D eigenvalue weighted by atomic mass is 10.5. The van der Waals surface area contributed by atoms with E-state index in [9.17, 15) is 9.59 Å². The van der Waals surface area contributed by atoms with Gasteiger partial charge in [-0.25, -0.2) is 9.59 Å². The van der Waals surface area contributed by atoms with E-state index in [4.69, 9.17) is 14.2 Å². The number of ether oxygens (including phenoxy) is 4. The Kier molecular flexibility index (Phi) is 10.2. The van der Waals surface area contributed by atoms with Crippen LogP contribution in [0.2, 0.25) is 0 Å². The third-order valence-electron chi connectivity index (χ3n) is 1.60. The van der Waals surface area contributed by atoms with Gasteiger partial charge in [0.2, 0.25) is 0 Å². The molecular formula is C11H18O6. The van der Waals surface area contributed by atoms with Gasteiger partial charge in [0, 0.05) is 18.8 Å². The second-order valence-electron chi connectivity index (χ2n) is 2.83. The van der Waals surface area contributed by atoms with E-state index >= 15 is 0 Å². The van der Waals surface area contributed by atoms with Crippen LogP contribution in [0.25, 0.3) is 0 Å². The van der Waals surface area contributed by atoms with Crippen molar-refractivity contribution in [3.8, 4) is 0 Å². The van der Waals surface area contributed by atoms with E-state index in [2.05, 4.69) is 4.74 Å². The van der Waals surface area contributed by atoms with Crippen LogP contribution in [0, 0.1) is 0 Å². The van der Waals surface area contributed by atoms with Crippen LogP contribution in [0.4, 0.5) is 0 Å². The Morgan fingerprint density at radius 1 is 0.941 bits per heavy atom. The molecule has 0 N–H and O–H groups in total. The van der Waals surface area contributed by atoms with Crippen molar-refractivity contribution in [1.82, 2.24) is 0 Å². The Hall–Kier alpha value is -1.40. The number of carbonyl (C=O) groups excluding carboxylic acids is 2. The average Bonchev–Trinajstić information content (AvgIpc) is 2.34. The summed E-state index contributed by atoms with van der Waals surface area (Å²) in [5.74, 6) is -1.21. The molecule has 0 spiro atoms. The minimum atomic E-state index is -0.608. The van der Waals surface area contributed by atoms with Gasteiger partial charge in [0.05, 0.1) is 26.9 Å². The molecule has 0 heterocycles. The largest absolute Gasteiger partial charge is 0.466 e. The molecule has 0 radical (unpaired) electrons. The molecule has 0 rings (SSSR count). The van der Waals surface area contributed by atoms with Crippen LogP contribution in [0.3, 0.4) is 0 Å². The molecule has 98 valence electrons. The molecule has 0 amide bonds.